The van der Waals surface area contributed by atoms with Crippen LogP contribution in [0.5, 0.6) is 5.75 Å². The van der Waals surface area contributed by atoms with E-state index in [1.54, 1.807) is 0 Å². The van der Waals surface area contributed by atoms with Gasteiger partial charge in [-0.3, -0.25) is 0 Å². The second kappa shape index (κ2) is 14.7. The number of ether oxygens (including phenoxy) is 2. The van der Waals surface area contributed by atoms with Gasteiger partial charge in [0.2, 0.25) is 0 Å². The van der Waals surface area contributed by atoms with E-state index < -0.39 is 0 Å². The summed E-state index contributed by atoms with van der Waals surface area (Å²) in [5, 5.41) is 0. The van der Waals surface area contributed by atoms with Gasteiger partial charge in [0.1, 0.15) is 18.5 Å². The molecule has 1 heterocycles. The van der Waals surface area contributed by atoms with Crippen LogP contribution >= 0.6 is 0 Å². The second-order valence-corrected chi connectivity index (χ2v) is 7.94. The Morgan fingerprint density at radius 3 is 2.00 bits per heavy atom. The first kappa shape index (κ1) is 22.0. The zero-order valence-corrected chi connectivity index (χ0v) is 17.3. The summed E-state index contributed by atoms with van der Waals surface area (Å²) in [4.78, 5) is 0. The highest BCUT2D eigenvalue weighted by molar-refractivity contribution is 5.33. The monoisotopic (exact) mass is 372 g/mol. The lowest BCUT2D eigenvalue weighted by molar-refractivity contribution is 0.261. The fraction of sp³-hybridized carbons (Fsp3) is 0.680. The van der Waals surface area contributed by atoms with Gasteiger partial charge in [-0.05, 0) is 37.3 Å². The van der Waals surface area contributed by atoms with Crippen molar-refractivity contribution < 1.29 is 9.47 Å². The van der Waals surface area contributed by atoms with E-state index >= 15 is 0 Å². The average molecular weight is 373 g/mol. The number of allylic oxidation sites excluding steroid dienone is 1. The Hall–Kier alpha value is -1.28. The van der Waals surface area contributed by atoms with Crippen molar-refractivity contribution in [1.82, 2.24) is 0 Å². The molecule has 0 spiro atoms. The molecule has 0 saturated carbocycles. The Morgan fingerprint density at radius 1 is 0.852 bits per heavy atom. The fourth-order valence-corrected chi connectivity index (χ4v) is 3.57. The number of unbranched alkanes of at least 4 members (excludes halogenated alkanes) is 12. The van der Waals surface area contributed by atoms with Crippen LogP contribution < -0.4 is 4.74 Å². The topological polar surface area (TPSA) is 21.8 Å². The van der Waals surface area contributed by atoms with Crippen LogP contribution in [0.15, 0.2) is 36.9 Å². The summed E-state index contributed by atoms with van der Waals surface area (Å²) < 4.78 is 11.1. The van der Waals surface area contributed by atoms with Crippen molar-refractivity contribution >= 4 is 0 Å². The zero-order valence-electron chi connectivity index (χ0n) is 17.3. The first-order valence-corrected chi connectivity index (χ1v) is 11.3. The SMILES string of the molecule is C=CCCCCCCCCCCCCCCc1ccccc1OCC1CO1. The molecule has 1 aliphatic heterocycles. The molecule has 0 radical (unpaired) electrons. The van der Waals surface area contributed by atoms with Gasteiger partial charge in [0, 0.05) is 0 Å². The van der Waals surface area contributed by atoms with Crippen LogP contribution in [-0.2, 0) is 11.2 Å². The van der Waals surface area contributed by atoms with Crippen LogP contribution in [-0.4, -0.2) is 19.3 Å². The summed E-state index contributed by atoms with van der Waals surface area (Å²) >= 11 is 0. The average Bonchev–Trinajstić information content (AvgIpc) is 3.52. The van der Waals surface area contributed by atoms with Gasteiger partial charge in [0.15, 0.2) is 0 Å². The molecular weight excluding hydrogens is 332 g/mol. The molecular formula is C25H40O2. The molecule has 0 amide bonds. The van der Waals surface area contributed by atoms with Crippen LogP contribution in [0.25, 0.3) is 0 Å². The molecule has 152 valence electrons. The lowest BCUT2D eigenvalue weighted by atomic mass is 10.0. The standard InChI is InChI=1S/C25H40O2/c1-2-3-4-5-6-7-8-9-10-11-12-13-14-15-18-23-19-16-17-20-25(23)27-22-24-21-26-24/h2,16-17,19-20,24H,1,3-15,18,21-22H2. The van der Waals surface area contributed by atoms with Gasteiger partial charge >= 0.3 is 0 Å². The van der Waals surface area contributed by atoms with Crippen molar-refractivity contribution in [2.75, 3.05) is 13.2 Å². The Balaban J connectivity index is 1.39. The molecule has 1 aromatic rings. The number of epoxide rings is 1. The molecule has 0 N–H and O–H groups in total. The minimum absolute atomic E-state index is 0.329. The first-order valence-electron chi connectivity index (χ1n) is 11.3. The molecule has 1 aliphatic rings. The predicted octanol–water partition coefficient (Wildman–Crippen LogP) is 7.26. The molecule has 2 heteroatoms. The predicted molar refractivity (Wildman–Crippen MR) is 116 cm³/mol. The van der Waals surface area contributed by atoms with E-state index in [-0.39, 0.29) is 0 Å². The zero-order chi connectivity index (χ0) is 19.0. The van der Waals surface area contributed by atoms with Gasteiger partial charge in [0.05, 0.1) is 6.61 Å². The van der Waals surface area contributed by atoms with Crippen LogP contribution in [0.1, 0.15) is 89.0 Å². The number of aryl methyl sites for hydroxylation is 1. The third kappa shape index (κ3) is 11.2. The molecule has 0 bridgehead atoms. The summed E-state index contributed by atoms with van der Waals surface area (Å²) in [5.74, 6) is 1.05. The minimum Gasteiger partial charge on any atom is -0.491 e. The van der Waals surface area contributed by atoms with E-state index in [9.17, 15) is 0 Å². The summed E-state index contributed by atoms with van der Waals surface area (Å²) in [6.45, 7) is 5.34. The van der Waals surface area contributed by atoms with Crippen LogP contribution in [0.2, 0.25) is 0 Å². The van der Waals surface area contributed by atoms with Crippen LogP contribution in [0.3, 0.4) is 0 Å². The second-order valence-electron chi connectivity index (χ2n) is 7.94. The molecule has 0 aromatic heterocycles. The molecule has 2 rings (SSSR count). The van der Waals surface area contributed by atoms with Crippen molar-refractivity contribution in [2.24, 2.45) is 0 Å². The van der Waals surface area contributed by atoms with Gasteiger partial charge in [-0.25, -0.2) is 0 Å². The lowest BCUT2D eigenvalue weighted by Crippen LogP contribution is -2.05. The highest BCUT2D eigenvalue weighted by Crippen LogP contribution is 2.22. The normalized spacial score (nSPS) is 15.6. The van der Waals surface area contributed by atoms with Gasteiger partial charge in [-0.2, -0.15) is 0 Å². The smallest absolute Gasteiger partial charge is 0.122 e. The van der Waals surface area contributed by atoms with Gasteiger partial charge in [-0.15, -0.1) is 6.58 Å². The summed E-state index contributed by atoms with van der Waals surface area (Å²) in [7, 11) is 0. The van der Waals surface area contributed by atoms with E-state index in [0.717, 1.165) is 18.8 Å². The van der Waals surface area contributed by atoms with Crippen LogP contribution in [0.4, 0.5) is 0 Å². The van der Waals surface area contributed by atoms with Gasteiger partial charge in [0.25, 0.3) is 0 Å². The third-order valence-electron chi connectivity index (χ3n) is 5.40. The minimum atomic E-state index is 0.329. The highest BCUT2D eigenvalue weighted by Gasteiger charge is 2.23. The molecule has 2 nitrogen and oxygen atoms in total. The lowest BCUT2D eigenvalue weighted by Gasteiger charge is -2.10. The Labute approximate surface area is 167 Å². The summed E-state index contributed by atoms with van der Waals surface area (Å²) in [6, 6.07) is 8.49. The summed E-state index contributed by atoms with van der Waals surface area (Å²) in [5.41, 5.74) is 1.35. The van der Waals surface area contributed by atoms with E-state index in [2.05, 4.69) is 30.8 Å². The highest BCUT2D eigenvalue weighted by atomic mass is 16.6. The van der Waals surface area contributed by atoms with Crippen LogP contribution in [0, 0.1) is 0 Å². The Bertz CT molecular complexity index is 493. The van der Waals surface area contributed by atoms with Crippen molar-refractivity contribution in [3.8, 4) is 5.75 Å². The first-order chi connectivity index (χ1) is 13.4. The molecule has 1 unspecified atom stereocenters. The Kier molecular flexibility index (Phi) is 12.0. The molecule has 1 aromatic carbocycles. The molecule has 1 atom stereocenters. The molecule has 1 saturated heterocycles. The van der Waals surface area contributed by atoms with E-state index in [4.69, 9.17) is 9.47 Å². The summed E-state index contributed by atoms with van der Waals surface area (Å²) in [6.07, 6.45) is 21.3. The molecule has 0 aliphatic carbocycles. The maximum atomic E-state index is 5.90. The number of hydrogen-bond donors (Lipinski definition) is 0. The number of para-hydroxylation sites is 1. The third-order valence-corrected chi connectivity index (χ3v) is 5.40. The number of benzene rings is 1. The van der Waals surface area contributed by atoms with Crippen molar-refractivity contribution in [3.63, 3.8) is 0 Å². The number of rotatable bonds is 18. The van der Waals surface area contributed by atoms with E-state index in [1.807, 2.05) is 6.08 Å². The van der Waals surface area contributed by atoms with Crippen molar-refractivity contribution in [3.05, 3.63) is 42.5 Å². The van der Waals surface area contributed by atoms with Gasteiger partial charge in [-0.1, -0.05) is 88.5 Å². The largest absolute Gasteiger partial charge is 0.491 e. The maximum Gasteiger partial charge on any atom is 0.122 e. The maximum absolute atomic E-state index is 5.90. The van der Waals surface area contributed by atoms with Gasteiger partial charge < -0.3 is 9.47 Å². The number of hydrogen-bond acceptors (Lipinski definition) is 2. The fourth-order valence-electron chi connectivity index (χ4n) is 3.57. The van der Waals surface area contributed by atoms with Crippen molar-refractivity contribution in [2.45, 2.75) is 96.0 Å². The molecule has 1 fully saturated rings. The van der Waals surface area contributed by atoms with Crippen molar-refractivity contribution in [1.29, 1.82) is 0 Å². The van der Waals surface area contributed by atoms with E-state index in [0.29, 0.717) is 12.7 Å². The Morgan fingerprint density at radius 2 is 1.41 bits per heavy atom. The molecule has 27 heavy (non-hydrogen) atoms. The van der Waals surface area contributed by atoms with E-state index in [1.165, 1.54) is 89.0 Å². The quantitative estimate of drug-likeness (QED) is 0.154.